The summed E-state index contributed by atoms with van der Waals surface area (Å²) in [6, 6.07) is -0.626. The third-order valence-corrected chi connectivity index (χ3v) is 19.1. The summed E-state index contributed by atoms with van der Waals surface area (Å²) in [7, 11) is 0. The van der Waals surface area contributed by atoms with E-state index in [4.69, 9.17) is 4.74 Å². The van der Waals surface area contributed by atoms with Crippen molar-refractivity contribution in [2.75, 3.05) is 13.2 Å². The second-order valence-electron chi connectivity index (χ2n) is 27.8. The van der Waals surface area contributed by atoms with E-state index >= 15 is 0 Å². The van der Waals surface area contributed by atoms with E-state index in [1.54, 1.807) is 6.08 Å². The molecule has 0 saturated heterocycles. The number of aliphatic hydroxyl groups is 2. The van der Waals surface area contributed by atoms with Crippen molar-refractivity contribution in [3.8, 4) is 0 Å². The van der Waals surface area contributed by atoms with E-state index in [0.717, 1.165) is 38.5 Å². The molecule has 0 spiro atoms. The summed E-state index contributed by atoms with van der Waals surface area (Å²) in [5.41, 5.74) is 0. The smallest absolute Gasteiger partial charge is 0.305 e. The van der Waals surface area contributed by atoms with E-state index in [9.17, 15) is 19.8 Å². The van der Waals surface area contributed by atoms with Gasteiger partial charge in [-0.15, -0.1) is 0 Å². The summed E-state index contributed by atoms with van der Waals surface area (Å²) in [5, 5.41) is 23.3. The highest BCUT2D eigenvalue weighted by Crippen LogP contribution is 2.20. The van der Waals surface area contributed by atoms with E-state index in [2.05, 4.69) is 19.2 Å². The zero-order chi connectivity index (χ0) is 62.0. The Balaban J connectivity index is 3.35. The lowest BCUT2D eigenvalue weighted by atomic mass is 10.0. The molecule has 0 aliphatic rings. The van der Waals surface area contributed by atoms with Gasteiger partial charge in [0.25, 0.3) is 0 Å². The van der Waals surface area contributed by atoms with E-state index in [-0.39, 0.29) is 18.5 Å². The molecule has 86 heavy (non-hydrogen) atoms. The van der Waals surface area contributed by atoms with Crippen molar-refractivity contribution in [3.63, 3.8) is 0 Å². The van der Waals surface area contributed by atoms with E-state index < -0.39 is 12.1 Å². The number of amides is 1. The van der Waals surface area contributed by atoms with Crippen molar-refractivity contribution < 1.29 is 24.5 Å². The van der Waals surface area contributed by atoms with Crippen LogP contribution in [0.5, 0.6) is 0 Å². The van der Waals surface area contributed by atoms with Crippen molar-refractivity contribution in [1.82, 2.24) is 5.32 Å². The molecular formula is C80H157NO5. The average Bonchev–Trinajstić information content (AvgIpc) is 3.59. The monoisotopic (exact) mass is 1210 g/mol. The maximum Gasteiger partial charge on any atom is 0.305 e. The van der Waals surface area contributed by atoms with Gasteiger partial charge >= 0.3 is 5.97 Å². The minimum atomic E-state index is -0.843. The molecule has 2 unspecified atom stereocenters. The number of rotatable bonds is 76. The molecule has 512 valence electrons. The Kier molecular flexibility index (Phi) is 74.8. The first kappa shape index (κ1) is 84.6. The minimum absolute atomic E-state index is 0.0246. The molecule has 3 N–H and O–H groups in total. The number of carbonyl (C=O) groups excluding carboxylic acids is 2. The fourth-order valence-corrected chi connectivity index (χ4v) is 13.0. The first-order valence-corrected chi connectivity index (χ1v) is 40.0. The lowest BCUT2D eigenvalue weighted by Gasteiger charge is -2.20. The molecule has 0 aliphatic heterocycles. The molecule has 2 atom stereocenters. The van der Waals surface area contributed by atoms with Crippen LogP contribution >= 0.6 is 0 Å². The number of nitrogens with one attached hydrogen (secondary N) is 1. The van der Waals surface area contributed by atoms with Crippen molar-refractivity contribution >= 4 is 11.9 Å². The van der Waals surface area contributed by atoms with Crippen LogP contribution in [0.2, 0.25) is 0 Å². The van der Waals surface area contributed by atoms with Crippen LogP contribution in [0.3, 0.4) is 0 Å². The van der Waals surface area contributed by atoms with Gasteiger partial charge in [0.15, 0.2) is 0 Å². The molecule has 6 nitrogen and oxygen atoms in total. The number of aliphatic hydroxyl groups excluding tert-OH is 2. The van der Waals surface area contributed by atoms with E-state index in [1.807, 2.05) is 6.08 Å². The second-order valence-corrected chi connectivity index (χ2v) is 27.8. The molecule has 0 radical (unpaired) electrons. The minimum Gasteiger partial charge on any atom is -0.466 e. The summed E-state index contributed by atoms with van der Waals surface area (Å²) in [6.07, 6.45) is 96.2. The van der Waals surface area contributed by atoms with Gasteiger partial charge in [-0.2, -0.15) is 0 Å². The molecule has 0 bridgehead atoms. The molecule has 0 aromatic heterocycles. The summed E-state index contributed by atoms with van der Waals surface area (Å²) in [6.45, 7) is 4.97. The first-order chi connectivity index (χ1) is 42.5. The number of hydrogen-bond donors (Lipinski definition) is 3. The predicted octanol–water partition coefficient (Wildman–Crippen LogP) is 26.3. The van der Waals surface area contributed by atoms with Crippen LogP contribution in [0.25, 0.3) is 0 Å². The zero-order valence-electron chi connectivity index (χ0n) is 58.8. The van der Waals surface area contributed by atoms with Gasteiger partial charge in [0.1, 0.15) is 0 Å². The van der Waals surface area contributed by atoms with Crippen molar-refractivity contribution in [2.45, 2.75) is 475 Å². The van der Waals surface area contributed by atoms with Crippen LogP contribution in [0, 0.1) is 0 Å². The van der Waals surface area contributed by atoms with Gasteiger partial charge in [-0.25, -0.2) is 0 Å². The van der Waals surface area contributed by atoms with Crippen molar-refractivity contribution in [3.05, 3.63) is 12.2 Å². The molecule has 0 aliphatic carbocycles. The fraction of sp³-hybridized carbons (Fsp3) is 0.950. The highest BCUT2D eigenvalue weighted by molar-refractivity contribution is 5.76. The topological polar surface area (TPSA) is 95.9 Å². The Bertz CT molecular complexity index is 1300. The molecule has 0 saturated carbocycles. The Morgan fingerprint density at radius 3 is 0.791 bits per heavy atom. The second kappa shape index (κ2) is 76.1. The van der Waals surface area contributed by atoms with Crippen LogP contribution in [0.1, 0.15) is 463 Å². The Morgan fingerprint density at radius 2 is 0.535 bits per heavy atom. The average molecular weight is 1210 g/mol. The van der Waals surface area contributed by atoms with Gasteiger partial charge < -0.3 is 20.3 Å². The van der Waals surface area contributed by atoms with E-state index in [0.29, 0.717) is 19.4 Å². The van der Waals surface area contributed by atoms with Gasteiger partial charge in [-0.3, -0.25) is 9.59 Å². The first-order valence-electron chi connectivity index (χ1n) is 40.0. The normalized spacial score (nSPS) is 12.5. The standard InChI is InChI=1S/C80H157NO5/c1-3-5-7-9-11-13-15-17-19-21-22-23-32-35-38-41-44-48-52-56-60-64-68-72-78(83)77(76-82)81-79(84)73-69-65-61-57-53-49-45-42-39-36-33-30-28-26-24-25-27-29-31-34-37-40-43-47-51-55-59-63-67-71-75-86-80(85)74-70-66-62-58-54-50-46-20-18-16-14-12-10-8-6-4-2/h68,72,77-78,82-83H,3-67,69-71,73-76H2,1-2H3,(H,81,84)/b72-68+. The fourth-order valence-electron chi connectivity index (χ4n) is 13.0. The number of esters is 1. The highest BCUT2D eigenvalue weighted by atomic mass is 16.5. The van der Waals surface area contributed by atoms with Crippen LogP contribution in [-0.2, 0) is 14.3 Å². The van der Waals surface area contributed by atoms with Crippen LogP contribution in [0.15, 0.2) is 12.2 Å². The van der Waals surface area contributed by atoms with Gasteiger partial charge in [0.2, 0.25) is 5.91 Å². The number of allylic oxidation sites excluding steroid dienone is 1. The largest absolute Gasteiger partial charge is 0.466 e. The van der Waals surface area contributed by atoms with Crippen LogP contribution < -0.4 is 5.32 Å². The third kappa shape index (κ3) is 71.7. The quantitative estimate of drug-likeness (QED) is 0.0320. The van der Waals surface area contributed by atoms with Gasteiger partial charge in [0, 0.05) is 12.8 Å². The number of ether oxygens (including phenoxy) is 1. The van der Waals surface area contributed by atoms with Gasteiger partial charge in [-0.05, 0) is 32.1 Å². The summed E-state index contributed by atoms with van der Waals surface area (Å²) >= 11 is 0. The Hall–Kier alpha value is -1.40. The zero-order valence-corrected chi connectivity index (χ0v) is 58.8. The van der Waals surface area contributed by atoms with Crippen molar-refractivity contribution in [2.24, 2.45) is 0 Å². The SMILES string of the molecule is CCCCCCCCCCCCCCCCCCCCCCC/C=C/C(O)C(CO)NC(=O)CCCCCCCCCCCCCCCCCCCCCCCCCCCCCCCCOC(=O)CCCCCCCCCCCCCCCCCC. The summed E-state index contributed by atoms with van der Waals surface area (Å²) in [5.74, 6) is -0.0338. The lowest BCUT2D eigenvalue weighted by Crippen LogP contribution is -2.45. The predicted molar refractivity (Wildman–Crippen MR) is 380 cm³/mol. The number of hydrogen-bond acceptors (Lipinski definition) is 5. The van der Waals surface area contributed by atoms with Crippen LogP contribution in [0.4, 0.5) is 0 Å². The molecule has 0 aromatic rings. The molecule has 6 heteroatoms. The number of carbonyl (C=O) groups is 2. The lowest BCUT2D eigenvalue weighted by molar-refractivity contribution is -0.143. The van der Waals surface area contributed by atoms with E-state index in [1.165, 1.54) is 398 Å². The molecule has 0 fully saturated rings. The molecule has 0 heterocycles. The Morgan fingerprint density at radius 1 is 0.314 bits per heavy atom. The van der Waals surface area contributed by atoms with Crippen molar-refractivity contribution in [1.29, 1.82) is 0 Å². The molecule has 0 aromatic carbocycles. The highest BCUT2D eigenvalue weighted by Gasteiger charge is 2.18. The molecule has 1 amide bonds. The maximum atomic E-state index is 12.6. The molecule has 0 rings (SSSR count). The molecular weight excluding hydrogens is 1050 g/mol. The Labute approximate surface area is 539 Å². The third-order valence-electron chi connectivity index (χ3n) is 19.1. The summed E-state index contributed by atoms with van der Waals surface area (Å²) in [4.78, 5) is 24.7. The van der Waals surface area contributed by atoms with Gasteiger partial charge in [0.05, 0.1) is 25.4 Å². The van der Waals surface area contributed by atoms with Gasteiger partial charge in [-0.1, -0.05) is 431 Å². The summed E-state index contributed by atoms with van der Waals surface area (Å²) < 4.78 is 5.51. The number of unbranched alkanes of at least 4 members (excludes halogenated alkanes) is 65. The van der Waals surface area contributed by atoms with Crippen LogP contribution in [-0.4, -0.2) is 47.4 Å². The maximum absolute atomic E-state index is 12.6.